The van der Waals surface area contributed by atoms with Crippen molar-refractivity contribution in [3.63, 3.8) is 0 Å². The monoisotopic (exact) mass is 1850 g/mol. The largest absolute Gasteiger partial charge is 0.511 e. The second kappa shape index (κ2) is 36.3. The number of ether oxygens (including phenoxy) is 1. The Morgan fingerprint density at radius 3 is 1.41 bits per heavy atom. The van der Waals surface area contributed by atoms with Crippen molar-refractivity contribution in [2.24, 2.45) is 11.8 Å². The third kappa shape index (κ3) is 19.8. The van der Waals surface area contributed by atoms with Gasteiger partial charge in [-0.15, -0.1) is 0 Å². The minimum absolute atomic E-state index is 0.0121. The molecule has 20 N–H and O–H groups in total. The van der Waals surface area contributed by atoms with Gasteiger partial charge >= 0.3 is 22.5 Å². The van der Waals surface area contributed by atoms with Crippen LogP contribution in [0.2, 0.25) is 0 Å². The van der Waals surface area contributed by atoms with E-state index in [1.54, 1.807) is 20.8 Å². The van der Waals surface area contributed by atoms with Gasteiger partial charge in [0.15, 0.2) is 34.0 Å². The van der Waals surface area contributed by atoms with Crippen LogP contribution in [0.5, 0.6) is 74.7 Å². The minimum Gasteiger partial charge on any atom is -0.511 e. The molecule has 0 bridgehead atoms. The fourth-order valence-corrected chi connectivity index (χ4v) is 17.7. The van der Waals surface area contributed by atoms with Gasteiger partial charge < -0.3 is 133 Å². The molecule has 0 radical (unpaired) electrons. The molecule has 0 spiro atoms. The molecule has 0 saturated heterocycles. The predicted octanol–water partition coefficient (Wildman–Crippen LogP) is 9.25. The summed E-state index contributed by atoms with van der Waals surface area (Å²) < 4.78 is 37.0. The molecule has 6 aromatic carbocycles. The van der Waals surface area contributed by atoms with Gasteiger partial charge in [0.25, 0.3) is 0 Å². The lowest BCUT2D eigenvalue weighted by Gasteiger charge is -2.35. The first-order chi connectivity index (χ1) is 63.4. The highest BCUT2D eigenvalue weighted by Gasteiger charge is 2.47. The Hall–Kier alpha value is -16.6. The van der Waals surface area contributed by atoms with E-state index in [1.807, 2.05) is 0 Å². The van der Waals surface area contributed by atoms with E-state index in [-0.39, 0.29) is 251 Å². The van der Waals surface area contributed by atoms with Crippen LogP contribution < -0.4 is 38.1 Å². The molecule has 12 aromatic rings. The first-order valence-electron chi connectivity index (χ1n) is 41.0. The van der Waals surface area contributed by atoms with E-state index in [9.17, 15) is 155 Å². The maximum Gasteiger partial charge on any atom is 0.339 e. The summed E-state index contributed by atoms with van der Waals surface area (Å²) in [5.74, 6) is -10.5. The molecular formula is C97H82O38. The molecule has 2 unspecified atom stereocenters. The molecule has 7 heterocycles. The Labute approximate surface area is 756 Å². The number of aliphatic hydroxyl groups excluding tert-OH is 5. The van der Waals surface area contributed by atoms with Crippen molar-refractivity contribution in [2.45, 2.75) is 128 Å². The lowest BCUT2D eigenvalue weighted by molar-refractivity contribution is -0.123. The van der Waals surface area contributed by atoms with Crippen LogP contribution in [-0.2, 0) is 54.5 Å². The zero-order valence-corrected chi connectivity index (χ0v) is 71.5. The summed E-state index contributed by atoms with van der Waals surface area (Å²) >= 11 is 0. The lowest BCUT2D eigenvalue weighted by Crippen LogP contribution is -2.43. The van der Waals surface area contributed by atoms with Gasteiger partial charge in [-0.3, -0.25) is 33.6 Å². The number of aliphatic hydroxyl groups is 8. The van der Waals surface area contributed by atoms with Crippen LogP contribution in [0, 0.1) is 32.6 Å². The van der Waals surface area contributed by atoms with Crippen LogP contribution in [0.4, 0.5) is 0 Å². The third-order valence-electron chi connectivity index (χ3n) is 22.7. The van der Waals surface area contributed by atoms with Crippen molar-refractivity contribution >= 4 is 50.9 Å². The molecule has 1 aliphatic heterocycles. The molecule has 6 aromatic heterocycles. The van der Waals surface area contributed by atoms with Gasteiger partial charge in [0, 0.05) is 142 Å². The number of allylic oxidation sites excluding steroid dienone is 6. The number of phenols is 8. The van der Waals surface area contributed by atoms with Crippen molar-refractivity contribution < 1.29 is 157 Å². The number of aromatic hydroxyl groups is 12. The number of fused-ring (bicyclic) bond motifs is 7. The summed E-state index contributed by atoms with van der Waals surface area (Å²) in [4.78, 5) is 136. The number of carbonyl (C=O) groups is 5. The second-order valence-electron chi connectivity index (χ2n) is 33.5. The van der Waals surface area contributed by atoms with Crippen molar-refractivity contribution in [3.05, 3.63) is 326 Å². The summed E-state index contributed by atoms with van der Waals surface area (Å²) in [6.45, 7) is 7.79. The number of carbonyl (C=O) groups excluding carboxylic acids is 5. The smallest absolute Gasteiger partial charge is 0.339 e. The van der Waals surface area contributed by atoms with Crippen molar-refractivity contribution in [1.29, 1.82) is 0 Å². The van der Waals surface area contributed by atoms with Crippen LogP contribution in [0.1, 0.15) is 160 Å². The highest BCUT2D eigenvalue weighted by Crippen LogP contribution is 2.48. The molecule has 6 aliphatic rings. The Bertz CT molecular complexity index is 7350. The SMILES string of the molecule is CC1C=C(O)C=C(O)C1C(=O)c1c(O)cc(O)cc1Cc1cc(O)cc(=O)o1.C[C@@]1(O)CC(=O)c2c(CC3=CC(O)=CC(=O)C3)cc(O)cc2O1.Cc1cc(O)c2c(c1-c1cc(O)cc(=O)o1)C(=O)c1cc(O)cc(O)c1C2=O.Cc1cc(O)cc2oc3c(c(=O)c12)[C@@](O)(Cc1cc(O)cc(=O)o1)C[C@@H](O)C3.Cc1cc(O)cc2oc3c(c(=O)c12)[C@](O)(Cc1cc(O)cc(=O)o1)C[C@@H](O)C3. The van der Waals surface area contributed by atoms with E-state index in [4.69, 9.17) is 31.2 Å². The van der Waals surface area contributed by atoms with E-state index >= 15 is 0 Å². The maximum atomic E-state index is 13.2. The fourth-order valence-electron chi connectivity index (χ4n) is 17.7. The number of aryl methyl sites for hydroxylation is 3. The zero-order chi connectivity index (χ0) is 98.1. The molecule has 0 saturated carbocycles. The molecule has 698 valence electrons. The molecule has 38 heteroatoms. The highest BCUT2D eigenvalue weighted by molar-refractivity contribution is 6.32. The van der Waals surface area contributed by atoms with Gasteiger partial charge in [0.2, 0.25) is 11.6 Å². The zero-order valence-electron chi connectivity index (χ0n) is 71.5. The van der Waals surface area contributed by atoms with Crippen LogP contribution >= 0.6 is 0 Å². The topological polar surface area (TPSA) is 680 Å². The number of rotatable bonds is 11. The van der Waals surface area contributed by atoms with Crippen molar-refractivity contribution in [3.8, 4) is 86.1 Å². The molecule has 0 fully saturated rings. The molecule has 5 aliphatic carbocycles. The maximum absolute atomic E-state index is 13.2. The van der Waals surface area contributed by atoms with Gasteiger partial charge in [-0.2, -0.15) is 0 Å². The molecule has 18 rings (SSSR count). The molecular weight excluding hydrogens is 1770 g/mol. The standard InChI is InChI=1S/2C20H18O8.C20H12O8.C20H18O8.C17H16O6/c2*1-9-2-10(21)4-14-17(9)19(25)18-15(28-14)5-12(23)7-20(18,26)8-13-3-11(22)6-16(24)27-13;1-7-2-11(23)17-18(15(7)13-5-9(22)6-14(25)28-13)19(26)10-3-8(21)4-12(24)16(10)20(17)27;1-9-2-11(21)6-15(24)18(9)20(27)19-10(3-12(22)7-16(19)25)4-14-5-13(23)8-17(26)28-14;1-17(22)8-14(21)16-10(5-13(20)7-15(16)23-17)2-9-3-11(18)6-12(19)4-9/h2*2-4,6,12,21-23,26H,5,7-8H2,1H3;2-6,21-24H,1H3;2-3,5-9,18,21-25H,4H2,1H3;3,5-7,18,20,22H,2,4,8H2,1H3/t12-,20+;12-,20-;;;17-/m00..0/s1. The lowest BCUT2D eigenvalue weighted by atomic mass is 9.77. The third-order valence-corrected chi connectivity index (χ3v) is 22.7. The van der Waals surface area contributed by atoms with Gasteiger partial charge in [0.05, 0.1) is 93.0 Å². The fraction of sp³-hybridized carbons (Fsp3) is 0.227. The molecule has 0 amide bonds. The van der Waals surface area contributed by atoms with E-state index in [0.717, 1.165) is 60.7 Å². The second-order valence-corrected chi connectivity index (χ2v) is 33.5. The van der Waals surface area contributed by atoms with Gasteiger partial charge in [-0.25, -0.2) is 19.2 Å². The summed E-state index contributed by atoms with van der Waals surface area (Å²) in [5.41, 5.74) is -6.26. The van der Waals surface area contributed by atoms with E-state index in [2.05, 4.69) is 0 Å². The Kier molecular flexibility index (Phi) is 25.4. The Morgan fingerprint density at radius 2 is 0.896 bits per heavy atom. The van der Waals surface area contributed by atoms with Crippen molar-refractivity contribution in [2.75, 3.05) is 0 Å². The number of benzene rings is 6. The molecule has 7 atom stereocenters. The number of hydrogen-bond donors (Lipinski definition) is 20. The number of hydrogen-bond acceptors (Lipinski definition) is 38. The van der Waals surface area contributed by atoms with Crippen LogP contribution in [0.25, 0.3) is 33.3 Å². The van der Waals surface area contributed by atoms with Crippen molar-refractivity contribution in [1.82, 2.24) is 0 Å². The number of ketones is 5. The summed E-state index contributed by atoms with van der Waals surface area (Å²) in [6, 6.07) is 21.6. The number of Topliss-reactive ketones (excluding diaryl/α,β-unsaturated/α-hetero) is 2. The molecule has 135 heavy (non-hydrogen) atoms. The summed E-state index contributed by atoms with van der Waals surface area (Å²) in [7, 11) is 0. The average Bonchev–Trinajstić information content (AvgIpc) is 0.630. The van der Waals surface area contributed by atoms with E-state index < -0.39 is 120 Å². The highest BCUT2D eigenvalue weighted by atomic mass is 16.6. The van der Waals surface area contributed by atoms with Gasteiger partial charge in [0.1, 0.15) is 149 Å². The van der Waals surface area contributed by atoms with E-state index in [1.165, 1.54) is 92.7 Å². The van der Waals surface area contributed by atoms with Crippen LogP contribution in [-0.4, -0.2) is 149 Å². The first kappa shape index (κ1) is 94.6. The first-order valence-corrected chi connectivity index (χ1v) is 41.0. The minimum atomic E-state index is -1.87. The van der Waals surface area contributed by atoms with Crippen LogP contribution in [0.3, 0.4) is 0 Å². The average molecular weight is 1860 g/mol. The Morgan fingerprint density at radius 1 is 0.430 bits per heavy atom. The Balaban J connectivity index is 0.000000135. The van der Waals surface area contributed by atoms with Gasteiger partial charge in [-0.05, 0) is 109 Å². The van der Waals surface area contributed by atoms with E-state index in [0.29, 0.717) is 27.8 Å². The summed E-state index contributed by atoms with van der Waals surface area (Å²) in [6.07, 6.45) is 2.11. The summed E-state index contributed by atoms with van der Waals surface area (Å²) in [5, 5.41) is 201. The van der Waals surface area contributed by atoms with Gasteiger partial charge in [-0.1, -0.05) is 12.5 Å². The predicted molar refractivity (Wildman–Crippen MR) is 468 cm³/mol. The molecule has 38 nitrogen and oxygen atoms in total. The quantitative estimate of drug-likeness (QED) is 0.0536. The normalized spacial score (nSPS) is 19.6. The number of phenolic OH excluding ortho intramolecular Hbond substituents is 8. The van der Waals surface area contributed by atoms with Crippen LogP contribution in [0.15, 0.2) is 218 Å².